The van der Waals surface area contributed by atoms with Gasteiger partial charge in [0.15, 0.2) is 11.5 Å². The van der Waals surface area contributed by atoms with Crippen molar-refractivity contribution >= 4 is 0 Å². The summed E-state index contributed by atoms with van der Waals surface area (Å²) in [5.41, 5.74) is 3.62. The number of benzene rings is 2. The minimum Gasteiger partial charge on any atom is -0.504 e. The first-order valence-corrected chi connectivity index (χ1v) is 7.20. The smallest absolute Gasteiger partial charge is 0.160 e. The van der Waals surface area contributed by atoms with Crippen LogP contribution in [0.4, 0.5) is 0 Å². The molecule has 112 valence electrons. The molecule has 0 aliphatic rings. The molecule has 0 fully saturated rings. The van der Waals surface area contributed by atoms with Crippen molar-refractivity contribution in [3.63, 3.8) is 0 Å². The Kier molecular flexibility index (Phi) is 4.86. The van der Waals surface area contributed by atoms with Crippen LogP contribution in [0.5, 0.6) is 11.5 Å². The molecule has 1 unspecified atom stereocenters. The number of phenolic OH excluding ortho intramolecular Hbond substituents is 1. The Morgan fingerprint density at radius 2 is 1.67 bits per heavy atom. The summed E-state index contributed by atoms with van der Waals surface area (Å²) >= 11 is 0. The normalized spacial score (nSPS) is 13.7. The van der Waals surface area contributed by atoms with Crippen molar-refractivity contribution in [2.75, 3.05) is 7.11 Å². The zero-order chi connectivity index (χ0) is 15.4. The largest absolute Gasteiger partial charge is 0.504 e. The number of nitrogens with one attached hydrogen (secondary N) is 1. The third-order valence-electron chi connectivity index (χ3n) is 3.75. The van der Waals surface area contributed by atoms with Crippen molar-refractivity contribution in [3.05, 3.63) is 59.2 Å². The summed E-state index contributed by atoms with van der Waals surface area (Å²) in [6.07, 6.45) is 0. The van der Waals surface area contributed by atoms with Gasteiger partial charge in [0, 0.05) is 12.1 Å². The van der Waals surface area contributed by atoms with E-state index in [0.717, 1.165) is 5.56 Å². The highest BCUT2D eigenvalue weighted by molar-refractivity contribution is 5.42. The number of hydrogen-bond donors (Lipinski definition) is 2. The Balaban J connectivity index is 2.12. The van der Waals surface area contributed by atoms with E-state index >= 15 is 0 Å². The quantitative estimate of drug-likeness (QED) is 0.868. The number of aryl methyl sites for hydroxylation is 1. The van der Waals surface area contributed by atoms with Gasteiger partial charge in [-0.2, -0.15) is 0 Å². The van der Waals surface area contributed by atoms with Crippen LogP contribution in [-0.4, -0.2) is 12.2 Å². The number of hydrogen-bond acceptors (Lipinski definition) is 3. The summed E-state index contributed by atoms with van der Waals surface area (Å²) < 4.78 is 5.16. The lowest BCUT2D eigenvalue weighted by molar-refractivity contribution is 0.371. The van der Waals surface area contributed by atoms with Gasteiger partial charge in [0.05, 0.1) is 7.11 Å². The predicted molar refractivity (Wildman–Crippen MR) is 85.8 cm³/mol. The number of phenols is 1. The van der Waals surface area contributed by atoms with E-state index in [2.05, 4.69) is 50.4 Å². The molecule has 2 aromatic rings. The van der Waals surface area contributed by atoms with Gasteiger partial charge in [0.1, 0.15) is 0 Å². The van der Waals surface area contributed by atoms with Gasteiger partial charge in [0.2, 0.25) is 0 Å². The van der Waals surface area contributed by atoms with Gasteiger partial charge in [-0.05, 0) is 44.0 Å². The van der Waals surface area contributed by atoms with Crippen molar-refractivity contribution in [1.82, 2.24) is 5.32 Å². The second-order valence-corrected chi connectivity index (χ2v) is 5.46. The summed E-state index contributed by atoms with van der Waals surface area (Å²) in [5.74, 6) is 0.671. The topological polar surface area (TPSA) is 41.5 Å². The van der Waals surface area contributed by atoms with Crippen LogP contribution >= 0.6 is 0 Å². The Morgan fingerprint density at radius 3 is 2.29 bits per heavy atom. The summed E-state index contributed by atoms with van der Waals surface area (Å²) in [4.78, 5) is 0. The molecular formula is C18H23NO2. The van der Waals surface area contributed by atoms with E-state index < -0.39 is 0 Å². The lowest BCUT2D eigenvalue weighted by Gasteiger charge is -2.21. The molecule has 0 heterocycles. The van der Waals surface area contributed by atoms with E-state index in [0.29, 0.717) is 5.75 Å². The minimum atomic E-state index is 0.162. The highest BCUT2D eigenvalue weighted by Crippen LogP contribution is 2.29. The Bertz CT molecular complexity index is 610. The maximum absolute atomic E-state index is 9.66. The average Bonchev–Trinajstić information content (AvgIpc) is 2.47. The lowest BCUT2D eigenvalue weighted by Crippen LogP contribution is -2.22. The van der Waals surface area contributed by atoms with Crippen LogP contribution in [0.2, 0.25) is 0 Å². The van der Waals surface area contributed by atoms with Gasteiger partial charge in [-0.15, -0.1) is 0 Å². The van der Waals surface area contributed by atoms with E-state index in [1.807, 2.05) is 12.1 Å². The molecule has 0 saturated carbocycles. The Morgan fingerprint density at radius 1 is 1.00 bits per heavy atom. The molecule has 3 nitrogen and oxygen atoms in total. The minimum absolute atomic E-state index is 0.162. The maximum atomic E-state index is 9.66. The molecule has 0 aromatic heterocycles. The SMILES string of the molecule is COc1cc(C(C)N[C@@H](C)c2cccc(C)c2)ccc1O. The van der Waals surface area contributed by atoms with Crippen molar-refractivity contribution in [3.8, 4) is 11.5 Å². The summed E-state index contributed by atoms with van der Waals surface area (Å²) in [6.45, 7) is 6.37. The van der Waals surface area contributed by atoms with Crippen molar-refractivity contribution in [1.29, 1.82) is 0 Å². The standard InChI is InChI=1S/C18H23NO2/c1-12-6-5-7-15(10-12)13(2)19-14(3)16-8-9-17(20)18(11-16)21-4/h5-11,13-14,19-20H,1-4H3/t13-,14?/m0/s1. The fourth-order valence-corrected chi connectivity index (χ4v) is 2.47. The fourth-order valence-electron chi connectivity index (χ4n) is 2.47. The second-order valence-electron chi connectivity index (χ2n) is 5.46. The molecule has 2 aromatic carbocycles. The van der Waals surface area contributed by atoms with Gasteiger partial charge in [-0.3, -0.25) is 0 Å². The molecule has 0 aliphatic heterocycles. The number of aromatic hydroxyl groups is 1. The molecule has 0 radical (unpaired) electrons. The van der Waals surface area contributed by atoms with E-state index in [-0.39, 0.29) is 17.8 Å². The summed E-state index contributed by atoms with van der Waals surface area (Å²) in [7, 11) is 1.56. The highest BCUT2D eigenvalue weighted by atomic mass is 16.5. The van der Waals surface area contributed by atoms with Crippen molar-refractivity contribution in [2.45, 2.75) is 32.9 Å². The fraction of sp³-hybridized carbons (Fsp3) is 0.333. The summed E-state index contributed by atoms with van der Waals surface area (Å²) in [6, 6.07) is 14.4. The number of methoxy groups -OCH3 is 1. The molecule has 3 heteroatoms. The van der Waals surface area contributed by atoms with Crippen LogP contribution < -0.4 is 10.1 Å². The molecular weight excluding hydrogens is 262 g/mol. The molecule has 0 amide bonds. The first-order valence-electron chi connectivity index (χ1n) is 7.20. The van der Waals surface area contributed by atoms with Gasteiger partial charge >= 0.3 is 0 Å². The molecule has 0 saturated heterocycles. The lowest BCUT2D eigenvalue weighted by atomic mass is 10.0. The molecule has 21 heavy (non-hydrogen) atoms. The maximum Gasteiger partial charge on any atom is 0.160 e. The molecule has 2 N–H and O–H groups in total. The zero-order valence-corrected chi connectivity index (χ0v) is 13.1. The molecule has 2 rings (SSSR count). The van der Waals surface area contributed by atoms with Crippen LogP contribution in [0.1, 0.15) is 42.6 Å². The van der Waals surface area contributed by atoms with E-state index in [1.165, 1.54) is 11.1 Å². The van der Waals surface area contributed by atoms with E-state index in [4.69, 9.17) is 4.74 Å². The molecule has 0 spiro atoms. The van der Waals surface area contributed by atoms with Gasteiger partial charge in [0.25, 0.3) is 0 Å². The molecule has 0 aliphatic carbocycles. The number of rotatable bonds is 5. The summed E-state index contributed by atoms with van der Waals surface area (Å²) in [5, 5.41) is 13.2. The average molecular weight is 285 g/mol. The third kappa shape index (κ3) is 3.76. The Labute approximate surface area is 126 Å². The van der Waals surface area contributed by atoms with E-state index in [9.17, 15) is 5.11 Å². The van der Waals surface area contributed by atoms with Gasteiger partial charge < -0.3 is 15.2 Å². The van der Waals surface area contributed by atoms with Gasteiger partial charge in [-0.1, -0.05) is 35.9 Å². The zero-order valence-electron chi connectivity index (χ0n) is 13.1. The van der Waals surface area contributed by atoms with Crippen LogP contribution in [0.3, 0.4) is 0 Å². The van der Waals surface area contributed by atoms with Crippen LogP contribution in [0.25, 0.3) is 0 Å². The van der Waals surface area contributed by atoms with Crippen molar-refractivity contribution in [2.24, 2.45) is 0 Å². The highest BCUT2D eigenvalue weighted by Gasteiger charge is 2.13. The van der Waals surface area contributed by atoms with Gasteiger partial charge in [-0.25, -0.2) is 0 Å². The third-order valence-corrected chi connectivity index (χ3v) is 3.75. The van der Waals surface area contributed by atoms with Crippen LogP contribution in [0.15, 0.2) is 42.5 Å². The van der Waals surface area contributed by atoms with E-state index in [1.54, 1.807) is 13.2 Å². The Hall–Kier alpha value is -2.00. The van der Waals surface area contributed by atoms with Crippen molar-refractivity contribution < 1.29 is 9.84 Å². The monoisotopic (exact) mass is 285 g/mol. The number of ether oxygens (including phenoxy) is 1. The van der Waals surface area contributed by atoms with Crippen LogP contribution in [0, 0.1) is 6.92 Å². The first-order chi connectivity index (χ1) is 10.0. The molecule has 2 atom stereocenters. The first kappa shape index (κ1) is 15.4. The van der Waals surface area contributed by atoms with Crippen LogP contribution in [-0.2, 0) is 0 Å². The molecule has 0 bridgehead atoms. The predicted octanol–water partition coefficient (Wildman–Crippen LogP) is 4.12. The second kappa shape index (κ2) is 6.64.